The minimum atomic E-state index is -0.981. The molecule has 1 saturated heterocycles. The highest BCUT2D eigenvalue weighted by Gasteiger charge is 2.39. The van der Waals surface area contributed by atoms with Gasteiger partial charge in [0, 0.05) is 11.3 Å². The van der Waals surface area contributed by atoms with Crippen molar-refractivity contribution in [3.8, 4) is 0 Å². The van der Waals surface area contributed by atoms with Gasteiger partial charge in [0.05, 0.1) is 23.4 Å². The molecule has 23 heavy (non-hydrogen) atoms. The summed E-state index contributed by atoms with van der Waals surface area (Å²) in [5.41, 5.74) is -0.108. The van der Waals surface area contributed by atoms with Gasteiger partial charge in [-0.25, -0.2) is 4.39 Å². The van der Waals surface area contributed by atoms with Gasteiger partial charge < -0.3 is 15.2 Å². The number of rotatable bonds is 4. The molecule has 0 saturated carbocycles. The molecule has 3 rings (SSSR count). The van der Waals surface area contributed by atoms with E-state index in [1.165, 1.54) is 23.5 Å². The van der Waals surface area contributed by atoms with E-state index in [4.69, 9.17) is 9.84 Å². The standard InChI is InChI=1S/C16H16FNO4S/c1-9-11-3-2-10(17)6-12(11)23-14(9)15(21)18-16(7-13(19)20)4-5-22-8-16/h2-3,6H,4-5,7-8H2,1H3,(H,18,21)(H,19,20). The molecule has 1 aliphatic heterocycles. The molecule has 1 amide bonds. The Morgan fingerprint density at radius 2 is 2.26 bits per heavy atom. The van der Waals surface area contributed by atoms with E-state index in [1.54, 1.807) is 13.0 Å². The quantitative estimate of drug-likeness (QED) is 0.899. The van der Waals surface area contributed by atoms with Gasteiger partial charge in [0.25, 0.3) is 5.91 Å². The molecule has 1 unspecified atom stereocenters. The highest BCUT2D eigenvalue weighted by molar-refractivity contribution is 7.21. The fourth-order valence-corrected chi connectivity index (χ4v) is 4.02. The number of ether oxygens (including phenoxy) is 1. The van der Waals surface area contributed by atoms with Gasteiger partial charge in [-0.1, -0.05) is 6.07 Å². The van der Waals surface area contributed by atoms with Crippen LogP contribution in [0.4, 0.5) is 4.39 Å². The first-order chi connectivity index (χ1) is 10.9. The fraction of sp³-hybridized carbons (Fsp3) is 0.375. The number of carboxylic acids is 1. The number of hydrogen-bond acceptors (Lipinski definition) is 4. The first kappa shape index (κ1) is 15.9. The van der Waals surface area contributed by atoms with Crippen LogP contribution in [0.1, 0.15) is 28.1 Å². The molecule has 0 aliphatic carbocycles. The maximum absolute atomic E-state index is 13.3. The van der Waals surface area contributed by atoms with Crippen molar-refractivity contribution >= 4 is 33.3 Å². The van der Waals surface area contributed by atoms with E-state index in [0.29, 0.717) is 22.6 Å². The number of benzene rings is 1. The Kier molecular flexibility index (Phi) is 4.08. The molecule has 5 nitrogen and oxygen atoms in total. The molecule has 2 aromatic rings. The van der Waals surface area contributed by atoms with Gasteiger partial charge in [-0.05, 0) is 36.4 Å². The monoisotopic (exact) mass is 337 g/mol. The summed E-state index contributed by atoms with van der Waals surface area (Å²) in [6.45, 7) is 2.41. The maximum Gasteiger partial charge on any atom is 0.305 e. The minimum Gasteiger partial charge on any atom is -0.481 e. The highest BCUT2D eigenvalue weighted by atomic mass is 32.1. The molecule has 122 valence electrons. The Balaban J connectivity index is 1.90. The molecule has 1 atom stereocenters. The molecule has 7 heteroatoms. The smallest absolute Gasteiger partial charge is 0.305 e. The number of aryl methyl sites for hydroxylation is 1. The van der Waals surface area contributed by atoms with Crippen LogP contribution in [0.2, 0.25) is 0 Å². The second-order valence-corrected chi connectivity index (χ2v) is 6.86. The normalized spacial score (nSPS) is 20.8. The molecule has 2 heterocycles. The van der Waals surface area contributed by atoms with Crippen LogP contribution in [0.15, 0.2) is 18.2 Å². The number of nitrogens with one attached hydrogen (secondary N) is 1. The van der Waals surface area contributed by atoms with Crippen LogP contribution in [-0.2, 0) is 9.53 Å². The van der Waals surface area contributed by atoms with Crippen molar-refractivity contribution in [3.63, 3.8) is 0 Å². The van der Waals surface area contributed by atoms with Crippen LogP contribution >= 0.6 is 11.3 Å². The number of hydrogen-bond donors (Lipinski definition) is 2. The van der Waals surface area contributed by atoms with Crippen LogP contribution in [0.3, 0.4) is 0 Å². The summed E-state index contributed by atoms with van der Waals surface area (Å²) >= 11 is 1.21. The second-order valence-electron chi connectivity index (χ2n) is 5.80. The molecular weight excluding hydrogens is 321 g/mol. The van der Waals surface area contributed by atoms with Crippen LogP contribution in [-0.4, -0.2) is 35.7 Å². The lowest BCUT2D eigenvalue weighted by atomic mass is 9.94. The lowest BCUT2D eigenvalue weighted by molar-refractivity contribution is -0.138. The average Bonchev–Trinajstić information content (AvgIpc) is 3.03. The molecule has 1 aliphatic rings. The zero-order valence-electron chi connectivity index (χ0n) is 12.5. The summed E-state index contributed by atoms with van der Waals surface area (Å²) in [6, 6.07) is 4.41. The van der Waals surface area contributed by atoms with Crippen molar-refractivity contribution in [2.24, 2.45) is 0 Å². The Hall–Kier alpha value is -1.99. The van der Waals surface area contributed by atoms with E-state index >= 15 is 0 Å². The third-order valence-electron chi connectivity index (χ3n) is 4.08. The number of fused-ring (bicyclic) bond motifs is 1. The van der Waals surface area contributed by atoms with Crippen molar-refractivity contribution in [1.82, 2.24) is 5.32 Å². The summed E-state index contributed by atoms with van der Waals surface area (Å²) in [6.07, 6.45) is 0.279. The lowest BCUT2D eigenvalue weighted by Crippen LogP contribution is -2.50. The Bertz CT molecular complexity index is 780. The number of halogens is 1. The van der Waals surface area contributed by atoms with Gasteiger partial charge >= 0.3 is 5.97 Å². The van der Waals surface area contributed by atoms with Gasteiger partial charge in [-0.2, -0.15) is 0 Å². The lowest BCUT2D eigenvalue weighted by Gasteiger charge is -2.26. The molecular formula is C16H16FNO4S. The van der Waals surface area contributed by atoms with E-state index in [0.717, 1.165) is 10.9 Å². The Morgan fingerprint density at radius 3 is 2.91 bits per heavy atom. The van der Waals surface area contributed by atoms with Crippen molar-refractivity contribution < 1.29 is 23.8 Å². The predicted molar refractivity (Wildman–Crippen MR) is 84.4 cm³/mol. The number of carboxylic acid groups (broad SMARTS) is 1. The molecule has 2 N–H and O–H groups in total. The van der Waals surface area contributed by atoms with Gasteiger partial charge in [-0.3, -0.25) is 9.59 Å². The fourth-order valence-electron chi connectivity index (χ4n) is 2.89. The van der Waals surface area contributed by atoms with Gasteiger partial charge in [0.1, 0.15) is 5.82 Å². The topological polar surface area (TPSA) is 75.6 Å². The molecule has 1 fully saturated rings. The minimum absolute atomic E-state index is 0.183. The average molecular weight is 337 g/mol. The number of carbonyl (C=O) groups excluding carboxylic acids is 1. The molecule has 1 aromatic heterocycles. The number of aliphatic carboxylic acids is 1. The maximum atomic E-state index is 13.3. The third kappa shape index (κ3) is 3.07. The number of carbonyl (C=O) groups is 2. The van der Waals surface area contributed by atoms with E-state index in [9.17, 15) is 14.0 Å². The van der Waals surface area contributed by atoms with Crippen molar-refractivity contribution in [3.05, 3.63) is 34.5 Å². The molecule has 0 bridgehead atoms. The van der Waals surface area contributed by atoms with Crippen molar-refractivity contribution in [2.75, 3.05) is 13.2 Å². The Labute approximate surface area is 136 Å². The largest absolute Gasteiger partial charge is 0.481 e. The van der Waals surface area contributed by atoms with Crippen LogP contribution in [0.5, 0.6) is 0 Å². The first-order valence-corrected chi connectivity index (χ1v) is 8.03. The van der Waals surface area contributed by atoms with Gasteiger partial charge in [0.15, 0.2) is 0 Å². The summed E-state index contributed by atoms with van der Waals surface area (Å²) in [5, 5.41) is 12.7. The van der Waals surface area contributed by atoms with E-state index in [2.05, 4.69) is 5.32 Å². The van der Waals surface area contributed by atoms with E-state index in [-0.39, 0.29) is 24.8 Å². The zero-order valence-corrected chi connectivity index (χ0v) is 13.3. The van der Waals surface area contributed by atoms with E-state index in [1.807, 2.05) is 0 Å². The predicted octanol–water partition coefficient (Wildman–Crippen LogP) is 2.71. The highest BCUT2D eigenvalue weighted by Crippen LogP contribution is 2.32. The van der Waals surface area contributed by atoms with Gasteiger partial charge in [0.2, 0.25) is 0 Å². The zero-order chi connectivity index (χ0) is 16.6. The van der Waals surface area contributed by atoms with Crippen molar-refractivity contribution in [2.45, 2.75) is 25.3 Å². The molecule has 1 aromatic carbocycles. The summed E-state index contributed by atoms with van der Waals surface area (Å²) in [4.78, 5) is 24.2. The SMILES string of the molecule is Cc1c(C(=O)NC2(CC(=O)O)CCOC2)sc2cc(F)ccc12. The number of thiophene rings is 1. The molecule has 0 radical (unpaired) electrons. The van der Waals surface area contributed by atoms with Crippen LogP contribution in [0, 0.1) is 12.7 Å². The van der Waals surface area contributed by atoms with Crippen molar-refractivity contribution in [1.29, 1.82) is 0 Å². The molecule has 0 spiro atoms. The third-order valence-corrected chi connectivity index (χ3v) is 5.33. The second kappa shape index (κ2) is 5.90. The summed E-state index contributed by atoms with van der Waals surface area (Å²) in [5.74, 6) is -1.67. The Morgan fingerprint density at radius 1 is 1.48 bits per heavy atom. The summed E-state index contributed by atoms with van der Waals surface area (Å²) < 4.78 is 19.3. The van der Waals surface area contributed by atoms with Crippen LogP contribution < -0.4 is 5.32 Å². The van der Waals surface area contributed by atoms with Gasteiger partial charge in [-0.15, -0.1) is 11.3 Å². The number of amides is 1. The van der Waals surface area contributed by atoms with E-state index < -0.39 is 11.5 Å². The summed E-state index contributed by atoms with van der Waals surface area (Å²) in [7, 11) is 0. The van der Waals surface area contributed by atoms with Crippen LogP contribution in [0.25, 0.3) is 10.1 Å². The first-order valence-electron chi connectivity index (χ1n) is 7.21.